The molecule has 0 bridgehead atoms. The minimum atomic E-state index is -0.519. The van der Waals surface area contributed by atoms with Gasteiger partial charge in [-0.05, 0) is 40.2 Å². The van der Waals surface area contributed by atoms with Crippen LogP contribution in [0.1, 0.15) is 0 Å². The molecular formula is C14H11BrN4O4. The van der Waals surface area contributed by atoms with Gasteiger partial charge in [0.2, 0.25) is 0 Å². The summed E-state index contributed by atoms with van der Waals surface area (Å²) in [6.45, 7) is 0. The molecule has 0 saturated carbocycles. The third-order valence-corrected chi connectivity index (χ3v) is 3.18. The lowest BCUT2D eigenvalue weighted by Crippen LogP contribution is -2.19. The molecule has 0 radical (unpaired) electrons. The number of urea groups is 1. The van der Waals surface area contributed by atoms with E-state index < -0.39 is 6.03 Å². The van der Waals surface area contributed by atoms with Crippen molar-refractivity contribution >= 4 is 33.7 Å². The van der Waals surface area contributed by atoms with Gasteiger partial charge in [0.15, 0.2) is 10.4 Å². The number of hydrogen-bond acceptors (Lipinski definition) is 6. The van der Waals surface area contributed by atoms with Crippen LogP contribution in [0.2, 0.25) is 0 Å². The number of methoxy groups -OCH3 is 1. The average Bonchev–Trinajstić information content (AvgIpc) is 3.16. The van der Waals surface area contributed by atoms with E-state index in [9.17, 15) is 4.79 Å². The fraction of sp³-hybridized carbons (Fsp3) is 0.0714. The van der Waals surface area contributed by atoms with E-state index in [0.29, 0.717) is 21.9 Å². The Morgan fingerprint density at radius 2 is 2.04 bits per heavy atom. The molecule has 0 unspecified atom stereocenters. The lowest BCUT2D eigenvalue weighted by Gasteiger charge is -2.06. The van der Waals surface area contributed by atoms with Crippen molar-refractivity contribution in [3.05, 3.63) is 41.1 Å². The number of nitrogens with one attached hydrogen (secondary N) is 2. The van der Waals surface area contributed by atoms with Crippen molar-refractivity contribution in [2.45, 2.75) is 0 Å². The molecular weight excluding hydrogens is 368 g/mol. The van der Waals surface area contributed by atoms with Gasteiger partial charge < -0.3 is 18.9 Å². The Balaban J connectivity index is 1.65. The summed E-state index contributed by atoms with van der Waals surface area (Å²) >= 11 is 3.18. The number of amides is 2. The predicted octanol–water partition coefficient (Wildman–Crippen LogP) is 3.74. The van der Waals surface area contributed by atoms with Gasteiger partial charge in [0, 0.05) is 11.8 Å². The second-order valence-electron chi connectivity index (χ2n) is 4.33. The maximum Gasteiger partial charge on any atom is 0.327 e. The van der Waals surface area contributed by atoms with Gasteiger partial charge in [0.1, 0.15) is 5.75 Å². The molecule has 9 heteroatoms. The van der Waals surface area contributed by atoms with Crippen molar-refractivity contribution < 1.29 is 18.4 Å². The van der Waals surface area contributed by atoms with Gasteiger partial charge >= 0.3 is 12.0 Å². The molecule has 2 heterocycles. The molecule has 1 aromatic carbocycles. The number of furan rings is 1. The van der Waals surface area contributed by atoms with E-state index in [1.54, 1.807) is 43.5 Å². The monoisotopic (exact) mass is 378 g/mol. The third-order valence-electron chi connectivity index (χ3n) is 2.76. The number of rotatable bonds is 4. The van der Waals surface area contributed by atoms with Gasteiger partial charge in [-0.2, -0.15) is 0 Å². The van der Waals surface area contributed by atoms with Crippen LogP contribution < -0.4 is 15.4 Å². The van der Waals surface area contributed by atoms with E-state index in [-0.39, 0.29) is 11.9 Å². The van der Waals surface area contributed by atoms with E-state index in [1.165, 1.54) is 0 Å². The molecule has 0 atom stereocenters. The highest BCUT2D eigenvalue weighted by Crippen LogP contribution is 2.25. The van der Waals surface area contributed by atoms with Gasteiger partial charge in [-0.3, -0.25) is 5.32 Å². The number of aromatic nitrogens is 2. The molecule has 2 amide bonds. The number of hydrogen-bond donors (Lipinski definition) is 2. The van der Waals surface area contributed by atoms with Crippen LogP contribution in [-0.4, -0.2) is 23.3 Å². The summed E-state index contributed by atoms with van der Waals surface area (Å²) in [5, 5.41) is 12.6. The van der Waals surface area contributed by atoms with Crippen LogP contribution in [-0.2, 0) is 0 Å². The van der Waals surface area contributed by atoms with Crippen LogP contribution in [0, 0.1) is 0 Å². The highest BCUT2D eigenvalue weighted by atomic mass is 79.9. The fourth-order valence-corrected chi connectivity index (χ4v) is 2.07. The van der Waals surface area contributed by atoms with Gasteiger partial charge in [-0.1, -0.05) is 11.2 Å². The highest BCUT2D eigenvalue weighted by molar-refractivity contribution is 9.10. The maximum absolute atomic E-state index is 11.9. The average molecular weight is 379 g/mol. The molecule has 2 N–H and O–H groups in total. The number of carbonyl (C=O) groups is 1. The Morgan fingerprint density at radius 3 is 2.78 bits per heavy atom. The van der Waals surface area contributed by atoms with Crippen molar-refractivity contribution in [3.8, 4) is 17.4 Å². The highest BCUT2D eigenvalue weighted by Gasteiger charge is 2.14. The second kappa shape index (κ2) is 6.53. The molecule has 3 rings (SSSR count). The van der Waals surface area contributed by atoms with Gasteiger partial charge in [-0.25, -0.2) is 4.79 Å². The Morgan fingerprint density at radius 1 is 1.17 bits per heavy atom. The zero-order chi connectivity index (χ0) is 16.2. The molecule has 2 aromatic heterocycles. The van der Waals surface area contributed by atoms with Crippen LogP contribution in [0.15, 0.2) is 49.9 Å². The number of benzene rings is 1. The first-order chi connectivity index (χ1) is 11.1. The third kappa shape index (κ3) is 3.69. The standard InChI is InChI=1S/C14H11BrN4O4/c1-21-9-4-2-3-8(7-9)16-13(20)17-14-19-18-12(23-14)10-5-6-11(15)22-10/h2-7H,1H3,(H2,16,17,19,20). The van der Waals surface area contributed by atoms with E-state index >= 15 is 0 Å². The SMILES string of the molecule is COc1cccc(NC(=O)Nc2nnc(-c3ccc(Br)o3)o2)c1. The normalized spacial score (nSPS) is 10.3. The van der Waals surface area contributed by atoms with Crippen LogP contribution in [0.3, 0.4) is 0 Å². The molecule has 118 valence electrons. The first-order valence-corrected chi connectivity index (χ1v) is 7.24. The van der Waals surface area contributed by atoms with Crippen molar-refractivity contribution in [1.29, 1.82) is 0 Å². The molecule has 0 fully saturated rings. The topological polar surface area (TPSA) is 102 Å². The lowest BCUT2D eigenvalue weighted by molar-refractivity contribution is 0.261. The van der Waals surface area contributed by atoms with E-state index in [4.69, 9.17) is 13.6 Å². The molecule has 0 aliphatic heterocycles. The maximum atomic E-state index is 11.9. The Hall–Kier alpha value is -2.81. The molecule has 3 aromatic rings. The summed E-state index contributed by atoms with van der Waals surface area (Å²) in [5.74, 6) is 1.18. The smallest absolute Gasteiger partial charge is 0.327 e. The van der Waals surface area contributed by atoms with E-state index in [0.717, 1.165) is 0 Å². The van der Waals surface area contributed by atoms with Crippen molar-refractivity contribution in [3.63, 3.8) is 0 Å². The minimum absolute atomic E-state index is 0.0482. The Bertz CT molecular complexity index is 830. The van der Waals surface area contributed by atoms with Gasteiger partial charge in [0.05, 0.1) is 7.11 Å². The lowest BCUT2D eigenvalue weighted by atomic mass is 10.3. The zero-order valence-electron chi connectivity index (χ0n) is 11.9. The molecule has 8 nitrogen and oxygen atoms in total. The van der Waals surface area contributed by atoms with Crippen molar-refractivity contribution in [1.82, 2.24) is 10.2 Å². The van der Waals surface area contributed by atoms with Crippen LogP contribution in [0.25, 0.3) is 11.7 Å². The van der Waals surface area contributed by atoms with E-state index in [1.807, 2.05) is 0 Å². The zero-order valence-corrected chi connectivity index (χ0v) is 13.5. The summed E-state index contributed by atoms with van der Waals surface area (Å²) in [4.78, 5) is 11.9. The van der Waals surface area contributed by atoms with Crippen LogP contribution in [0.4, 0.5) is 16.5 Å². The first kappa shape index (κ1) is 15.1. The van der Waals surface area contributed by atoms with Crippen LogP contribution in [0.5, 0.6) is 5.75 Å². The number of ether oxygens (including phenoxy) is 1. The number of carbonyl (C=O) groups excluding carboxylic acids is 1. The minimum Gasteiger partial charge on any atom is -0.497 e. The van der Waals surface area contributed by atoms with Crippen LogP contribution >= 0.6 is 15.9 Å². The van der Waals surface area contributed by atoms with Crippen molar-refractivity contribution in [2.75, 3.05) is 17.7 Å². The van der Waals surface area contributed by atoms with Gasteiger partial charge in [0.25, 0.3) is 5.89 Å². The van der Waals surface area contributed by atoms with Crippen molar-refractivity contribution in [2.24, 2.45) is 0 Å². The number of anilines is 2. The van der Waals surface area contributed by atoms with Gasteiger partial charge in [-0.15, -0.1) is 5.10 Å². The quantitative estimate of drug-likeness (QED) is 0.716. The summed E-state index contributed by atoms with van der Waals surface area (Å²) in [7, 11) is 1.55. The Kier molecular flexibility index (Phi) is 4.29. The summed E-state index contributed by atoms with van der Waals surface area (Å²) < 4.78 is 16.2. The first-order valence-electron chi connectivity index (χ1n) is 6.45. The second-order valence-corrected chi connectivity index (χ2v) is 5.11. The largest absolute Gasteiger partial charge is 0.497 e. The summed E-state index contributed by atoms with van der Waals surface area (Å²) in [6, 6.07) is 9.73. The number of nitrogens with zero attached hydrogens (tertiary/aromatic N) is 2. The molecule has 0 aliphatic rings. The molecule has 0 aliphatic carbocycles. The molecule has 0 saturated heterocycles. The Labute approximate surface area is 139 Å². The molecule has 23 heavy (non-hydrogen) atoms. The fourth-order valence-electron chi connectivity index (χ4n) is 1.76. The summed E-state index contributed by atoms with van der Waals surface area (Å²) in [5.41, 5.74) is 0.566. The summed E-state index contributed by atoms with van der Waals surface area (Å²) in [6.07, 6.45) is 0. The molecule has 0 spiro atoms. The predicted molar refractivity (Wildman–Crippen MR) is 85.3 cm³/mol. The van der Waals surface area contributed by atoms with E-state index in [2.05, 4.69) is 36.8 Å². The number of halogens is 1.